The lowest BCUT2D eigenvalue weighted by atomic mass is 10.2. The van der Waals surface area contributed by atoms with E-state index in [1.807, 2.05) is 49.4 Å². The van der Waals surface area contributed by atoms with Crippen molar-refractivity contribution in [2.45, 2.75) is 13.5 Å². The van der Waals surface area contributed by atoms with E-state index in [0.717, 1.165) is 37.6 Å². The summed E-state index contributed by atoms with van der Waals surface area (Å²) in [6.45, 7) is 6.63. The fourth-order valence-corrected chi connectivity index (χ4v) is 2.21. The zero-order chi connectivity index (χ0) is 17.7. The Morgan fingerprint density at radius 2 is 1.84 bits per heavy atom. The van der Waals surface area contributed by atoms with Crippen LogP contribution in [0.25, 0.3) is 0 Å². The van der Waals surface area contributed by atoms with Crippen LogP contribution in [0.15, 0.2) is 54.6 Å². The lowest BCUT2D eigenvalue weighted by Gasteiger charge is -2.10. The fraction of sp³-hybridized carbons (Fsp3) is 0.350. The Morgan fingerprint density at radius 1 is 1.08 bits per heavy atom. The molecule has 5 nitrogen and oxygen atoms in total. The third-order valence-corrected chi connectivity index (χ3v) is 3.44. The number of morpholine rings is 1. The molecule has 134 valence electrons. The predicted molar refractivity (Wildman–Crippen MR) is 96.9 cm³/mol. The highest BCUT2D eigenvalue weighted by Gasteiger charge is 2.06. The molecule has 0 saturated carbocycles. The number of carbonyl (C=O) groups excluding carboxylic acids is 1. The molecule has 3 rings (SSSR count). The summed E-state index contributed by atoms with van der Waals surface area (Å²) in [5, 5.41) is 3.16. The minimum Gasteiger partial charge on any atom is -0.494 e. The number of ether oxygens (including phenoxy) is 3. The normalized spacial score (nSPS) is 13.3. The molecule has 0 atom stereocenters. The van der Waals surface area contributed by atoms with Crippen molar-refractivity contribution < 1.29 is 19.0 Å². The molecule has 25 heavy (non-hydrogen) atoms. The Morgan fingerprint density at radius 3 is 2.44 bits per heavy atom. The molecule has 1 N–H and O–H groups in total. The molecule has 1 aliphatic rings. The summed E-state index contributed by atoms with van der Waals surface area (Å²) in [5.41, 5.74) is 1.47. The number of benzene rings is 2. The molecular formula is C20H25NO4. The van der Waals surface area contributed by atoms with Crippen LogP contribution in [0.4, 0.5) is 0 Å². The minimum absolute atomic E-state index is 0.245. The molecule has 0 unspecified atom stereocenters. The van der Waals surface area contributed by atoms with Crippen molar-refractivity contribution in [1.82, 2.24) is 5.32 Å². The van der Waals surface area contributed by atoms with Crippen molar-refractivity contribution in [3.63, 3.8) is 0 Å². The average Bonchev–Trinajstić information content (AvgIpc) is 2.69. The maximum atomic E-state index is 11.8. The quantitative estimate of drug-likeness (QED) is 0.846. The lowest BCUT2D eigenvalue weighted by molar-refractivity contribution is 0.0472. The van der Waals surface area contributed by atoms with Gasteiger partial charge in [-0.2, -0.15) is 0 Å². The van der Waals surface area contributed by atoms with E-state index in [1.165, 1.54) is 0 Å². The first kappa shape index (κ1) is 19.0. The van der Waals surface area contributed by atoms with Gasteiger partial charge in [0.25, 0.3) is 0 Å². The summed E-state index contributed by atoms with van der Waals surface area (Å²) >= 11 is 0. The van der Waals surface area contributed by atoms with Crippen LogP contribution in [0, 0.1) is 0 Å². The molecule has 1 saturated heterocycles. The van der Waals surface area contributed by atoms with Crippen LogP contribution >= 0.6 is 0 Å². The Bertz CT molecular complexity index is 615. The molecular weight excluding hydrogens is 318 g/mol. The highest BCUT2D eigenvalue weighted by Crippen LogP contribution is 2.14. The number of hydrogen-bond acceptors (Lipinski definition) is 5. The van der Waals surface area contributed by atoms with E-state index in [4.69, 9.17) is 14.2 Å². The van der Waals surface area contributed by atoms with Crippen molar-refractivity contribution in [3.05, 3.63) is 65.7 Å². The van der Waals surface area contributed by atoms with Gasteiger partial charge in [-0.25, -0.2) is 4.79 Å². The third kappa shape index (κ3) is 7.37. The van der Waals surface area contributed by atoms with E-state index in [9.17, 15) is 4.79 Å². The number of hydrogen-bond donors (Lipinski definition) is 1. The largest absolute Gasteiger partial charge is 0.494 e. The van der Waals surface area contributed by atoms with Crippen molar-refractivity contribution in [1.29, 1.82) is 0 Å². The zero-order valence-electron chi connectivity index (χ0n) is 14.6. The second-order valence-electron chi connectivity index (χ2n) is 5.38. The van der Waals surface area contributed by atoms with Gasteiger partial charge < -0.3 is 19.5 Å². The van der Waals surface area contributed by atoms with Crippen molar-refractivity contribution in [2.75, 3.05) is 32.9 Å². The van der Waals surface area contributed by atoms with Crippen LogP contribution in [-0.2, 0) is 16.1 Å². The summed E-state index contributed by atoms with van der Waals surface area (Å²) in [4.78, 5) is 11.8. The zero-order valence-corrected chi connectivity index (χ0v) is 14.6. The summed E-state index contributed by atoms with van der Waals surface area (Å²) in [6.07, 6.45) is 0. The highest BCUT2D eigenvalue weighted by molar-refractivity contribution is 5.89. The first-order valence-corrected chi connectivity index (χ1v) is 8.52. The number of rotatable bonds is 5. The third-order valence-electron chi connectivity index (χ3n) is 3.44. The number of esters is 1. The number of carbonyl (C=O) groups is 1. The standard InChI is InChI=1S/C16H16O3.C4H9NO/c1-2-18-15-10-6-7-13(11-15)12-19-16(17)14-8-4-3-5-9-14;1-3-6-4-2-5-1/h3-11H,2,12H2,1H3;5H,1-4H2. The van der Waals surface area contributed by atoms with E-state index < -0.39 is 0 Å². The lowest BCUT2D eigenvalue weighted by Crippen LogP contribution is -2.30. The van der Waals surface area contributed by atoms with Gasteiger partial charge >= 0.3 is 5.97 Å². The maximum absolute atomic E-state index is 11.8. The Balaban J connectivity index is 0.000000316. The first-order valence-electron chi connectivity index (χ1n) is 8.52. The van der Waals surface area contributed by atoms with Gasteiger partial charge in [0.15, 0.2) is 0 Å². The van der Waals surface area contributed by atoms with Crippen LogP contribution < -0.4 is 10.1 Å². The van der Waals surface area contributed by atoms with E-state index >= 15 is 0 Å². The molecule has 0 bridgehead atoms. The Labute approximate surface area is 148 Å². The van der Waals surface area contributed by atoms with Gasteiger partial charge in [-0.1, -0.05) is 30.3 Å². The van der Waals surface area contributed by atoms with Crippen LogP contribution in [0.1, 0.15) is 22.8 Å². The van der Waals surface area contributed by atoms with E-state index in [1.54, 1.807) is 12.1 Å². The summed E-state index contributed by atoms with van der Waals surface area (Å²) < 4.78 is 15.7. The molecule has 1 aliphatic heterocycles. The molecule has 5 heteroatoms. The SMILES string of the molecule is C1COCCN1.CCOc1cccc(COC(=O)c2ccccc2)c1. The van der Waals surface area contributed by atoms with Crippen LogP contribution in [-0.4, -0.2) is 38.9 Å². The van der Waals surface area contributed by atoms with Crippen molar-refractivity contribution in [2.24, 2.45) is 0 Å². The van der Waals surface area contributed by atoms with Crippen LogP contribution in [0.3, 0.4) is 0 Å². The predicted octanol–water partition coefficient (Wildman–Crippen LogP) is 3.05. The molecule has 0 radical (unpaired) electrons. The van der Waals surface area contributed by atoms with E-state index in [2.05, 4.69) is 5.32 Å². The van der Waals surface area contributed by atoms with Gasteiger partial charge in [0.1, 0.15) is 12.4 Å². The van der Waals surface area contributed by atoms with Crippen LogP contribution in [0.5, 0.6) is 5.75 Å². The van der Waals surface area contributed by atoms with Crippen molar-refractivity contribution in [3.8, 4) is 5.75 Å². The number of nitrogens with one attached hydrogen (secondary N) is 1. The monoisotopic (exact) mass is 343 g/mol. The molecule has 0 amide bonds. The molecule has 2 aromatic rings. The second kappa shape index (κ2) is 11.2. The molecule has 1 fully saturated rings. The topological polar surface area (TPSA) is 56.8 Å². The smallest absolute Gasteiger partial charge is 0.338 e. The van der Waals surface area contributed by atoms with Crippen LogP contribution in [0.2, 0.25) is 0 Å². The summed E-state index contributed by atoms with van der Waals surface area (Å²) in [5.74, 6) is 0.471. The summed E-state index contributed by atoms with van der Waals surface area (Å²) in [7, 11) is 0. The molecule has 0 aliphatic carbocycles. The van der Waals surface area contributed by atoms with Gasteiger partial charge in [-0.3, -0.25) is 0 Å². The molecule has 0 spiro atoms. The first-order chi connectivity index (χ1) is 12.3. The summed E-state index contributed by atoms with van der Waals surface area (Å²) in [6, 6.07) is 16.5. The molecule has 0 aromatic heterocycles. The Hall–Kier alpha value is -2.37. The van der Waals surface area contributed by atoms with Gasteiger partial charge in [-0.05, 0) is 36.8 Å². The maximum Gasteiger partial charge on any atom is 0.338 e. The van der Waals surface area contributed by atoms with Gasteiger partial charge in [0.05, 0.1) is 25.4 Å². The Kier molecular flexibility index (Phi) is 8.52. The molecule has 2 aromatic carbocycles. The van der Waals surface area contributed by atoms with Gasteiger partial charge in [-0.15, -0.1) is 0 Å². The van der Waals surface area contributed by atoms with Gasteiger partial charge in [0.2, 0.25) is 0 Å². The fourth-order valence-electron chi connectivity index (χ4n) is 2.21. The van der Waals surface area contributed by atoms with E-state index in [0.29, 0.717) is 12.2 Å². The second-order valence-corrected chi connectivity index (χ2v) is 5.38. The molecule has 1 heterocycles. The van der Waals surface area contributed by atoms with Gasteiger partial charge in [0, 0.05) is 13.1 Å². The highest BCUT2D eigenvalue weighted by atomic mass is 16.5. The van der Waals surface area contributed by atoms with Crippen molar-refractivity contribution >= 4 is 5.97 Å². The minimum atomic E-state index is -0.317. The average molecular weight is 343 g/mol. The van der Waals surface area contributed by atoms with E-state index in [-0.39, 0.29) is 12.6 Å².